The average molecular weight is 500 g/mol. The van der Waals surface area contributed by atoms with E-state index in [1.54, 1.807) is 12.1 Å². The second-order valence-corrected chi connectivity index (χ2v) is 7.83. The molecular weight excluding hydrogens is 464 g/mol. The summed E-state index contributed by atoms with van der Waals surface area (Å²) in [5.41, 5.74) is 6.69. The molecule has 0 radical (unpaired) electrons. The van der Waals surface area contributed by atoms with Crippen LogP contribution in [0, 0.1) is 19.3 Å². The zero-order valence-electron chi connectivity index (χ0n) is 21.8. The number of allylic oxidation sites excluding steroid dienone is 7. The quantitative estimate of drug-likeness (QED) is 0.279. The van der Waals surface area contributed by atoms with Crippen LogP contribution in [-0.2, 0) is 6.42 Å². The summed E-state index contributed by atoms with van der Waals surface area (Å²) in [5, 5.41) is 0.472. The molecule has 0 spiro atoms. The van der Waals surface area contributed by atoms with Crippen LogP contribution < -0.4 is 4.74 Å². The van der Waals surface area contributed by atoms with Gasteiger partial charge in [-0.15, -0.1) is 6.42 Å². The third-order valence-electron chi connectivity index (χ3n) is 4.64. The Labute approximate surface area is 215 Å². The van der Waals surface area contributed by atoms with Crippen molar-refractivity contribution in [1.29, 1.82) is 0 Å². The maximum Gasteiger partial charge on any atom is 0.387 e. The van der Waals surface area contributed by atoms with Crippen LogP contribution >= 0.6 is 11.6 Å². The van der Waals surface area contributed by atoms with Crippen molar-refractivity contribution < 1.29 is 13.5 Å². The molecule has 0 aliphatic heterocycles. The Balaban J connectivity index is 0.00000146. The SMILES string of the molecule is C#C/C=C\C.C=CC(=C(C)C)c1cnc(/C(C)=C\Cc2cc(Cl)ccc2OC(F)F)c(C)c1.CC. The topological polar surface area (TPSA) is 22.1 Å². The van der Waals surface area contributed by atoms with Gasteiger partial charge in [0.1, 0.15) is 5.75 Å². The maximum atomic E-state index is 12.6. The van der Waals surface area contributed by atoms with Crippen LogP contribution in [0.1, 0.15) is 63.9 Å². The highest BCUT2D eigenvalue weighted by Gasteiger charge is 2.11. The second-order valence-electron chi connectivity index (χ2n) is 7.40. The molecule has 2 rings (SSSR count). The van der Waals surface area contributed by atoms with Gasteiger partial charge in [0.05, 0.1) is 5.69 Å². The van der Waals surface area contributed by atoms with Crippen molar-refractivity contribution in [1.82, 2.24) is 4.98 Å². The van der Waals surface area contributed by atoms with Crippen molar-refractivity contribution in [2.24, 2.45) is 0 Å². The van der Waals surface area contributed by atoms with E-state index in [1.807, 2.05) is 72.9 Å². The van der Waals surface area contributed by atoms with Gasteiger partial charge < -0.3 is 4.74 Å². The van der Waals surface area contributed by atoms with Crippen LogP contribution in [0.5, 0.6) is 5.75 Å². The molecule has 188 valence electrons. The average Bonchev–Trinajstić information content (AvgIpc) is 2.81. The summed E-state index contributed by atoms with van der Waals surface area (Å²) >= 11 is 6.01. The molecule has 1 aromatic carbocycles. The molecule has 0 N–H and O–H groups in total. The van der Waals surface area contributed by atoms with E-state index in [1.165, 1.54) is 17.7 Å². The minimum Gasteiger partial charge on any atom is -0.435 e. The first-order chi connectivity index (χ1) is 16.6. The van der Waals surface area contributed by atoms with Crippen molar-refractivity contribution in [2.75, 3.05) is 0 Å². The smallest absolute Gasteiger partial charge is 0.387 e. The molecule has 2 nitrogen and oxygen atoms in total. The Morgan fingerprint density at radius 1 is 1.23 bits per heavy atom. The Bertz CT molecular complexity index is 1090. The highest BCUT2D eigenvalue weighted by atomic mass is 35.5. The van der Waals surface area contributed by atoms with Crippen molar-refractivity contribution >= 4 is 22.7 Å². The Morgan fingerprint density at radius 3 is 2.34 bits per heavy atom. The number of aromatic nitrogens is 1. The van der Waals surface area contributed by atoms with Crippen LogP contribution in [0.4, 0.5) is 8.78 Å². The maximum absolute atomic E-state index is 12.6. The third kappa shape index (κ3) is 11.2. The molecule has 0 bridgehead atoms. The fourth-order valence-electron chi connectivity index (χ4n) is 3.12. The van der Waals surface area contributed by atoms with Gasteiger partial charge in [-0.2, -0.15) is 8.78 Å². The molecule has 1 aromatic heterocycles. The molecule has 2 aromatic rings. The molecule has 1 heterocycles. The van der Waals surface area contributed by atoms with E-state index in [9.17, 15) is 8.78 Å². The minimum absolute atomic E-state index is 0.127. The van der Waals surface area contributed by atoms with Gasteiger partial charge in [-0.05, 0) is 93.7 Å². The third-order valence-corrected chi connectivity index (χ3v) is 4.87. The van der Waals surface area contributed by atoms with Crippen molar-refractivity contribution in [2.45, 2.75) is 61.5 Å². The lowest BCUT2D eigenvalue weighted by molar-refractivity contribution is -0.0503. The van der Waals surface area contributed by atoms with E-state index in [2.05, 4.69) is 28.3 Å². The number of hydrogen-bond donors (Lipinski definition) is 0. The normalized spacial score (nSPS) is 10.5. The summed E-state index contributed by atoms with van der Waals surface area (Å²) < 4.78 is 29.8. The number of aryl methyl sites for hydroxylation is 1. The van der Waals surface area contributed by atoms with E-state index in [4.69, 9.17) is 18.0 Å². The van der Waals surface area contributed by atoms with Crippen molar-refractivity contribution in [3.05, 3.63) is 94.3 Å². The minimum atomic E-state index is -2.88. The summed E-state index contributed by atoms with van der Waals surface area (Å²) in [7, 11) is 0. The number of halogens is 3. The molecule has 0 aliphatic carbocycles. The fourth-order valence-corrected chi connectivity index (χ4v) is 3.31. The van der Waals surface area contributed by atoms with Crippen LogP contribution in [0.2, 0.25) is 5.02 Å². The predicted molar refractivity (Wildman–Crippen MR) is 148 cm³/mol. The number of hydrogen-bond acceptors (Lipinski definition) is 2. The number of pyridine rings is 1. The van der Waals surface area contributed by atoms with Gasteiger partial charge in [-0.3, -0.25) is 4.98 Å². The molecule has 0 atom stereocenters. The van der Waals surface area contributed by atoms with Gasteiger partial charge in [0.15, 0.2) is 0 Å². The van der Waals surface area contributed by atoms with Gasteiger partial charge in [0.25, 0.3) is 0 Å². The highest BCUT2D eigenvalue weighted by Crippen LogP contribution is 2.27. The van der Waals surface area contributed by atoms with Gasteiger partial charge >= 0.3 is 6.61 Å². The summed E-state index contributed by atoms with van der Waals surface area (Å²) in [5.74, 6) is 2.46. The zero-order chi connectivity index (χ0) is 27.0. The molecule has 0 saturated heterocycles. The molecule has 35 heavy (non-hydrogen) atoms. The number of benzene rings is 1. The van der Waals surface area contributed by atoms with E-state index >= 15 is 0 Å². The Kier molecular flexibility index (Phi) is 15.7. The monoisotopic (exact) mass is 499 g/mol. The van der Waals surface area contributed by atoms with Gasteiger partial charge in [-0.1, -0.05) is 61.7 Å². The molecule has 0 amide bonds. The Morgan fingerprint density at radius 2 is 1.89 bits per heavy atom. The first-order valence-corrected chi connectivity index (χ1v) is 11.8. The highest BCUT2D eigenvalue weighted by molar-refractivity contribution is 6.30. The number of nitrogens with zero attached hydrogens (tertiary/aromatic N) is 1. The first kappa shape index (κ1) is 31.8. The summed E-state index contributed by atoms with van der Waals surface area (Å²) in [4.78, 5) is 4.60. The Hall–Kier alpha value is -3.16. The summed E-state index contributed by atoms with van der Waals surface area (Å²) in [6.07, 6.45) is 14.3. The molecule has 5 heteroatoms. The lowest BCUT2D eigenvalue weighted by atomic mass is 9.99. The number of terminal acetylenes is 1. The van der Waals surface area contributed by atoms with Crippen molar-refractivity contribution in [3.8, 4) is 18.1 Å². The molecule has 0 unspecified atom stereocenters. The largest absolute Gasteiger partial charge is 0.435 e. The number of ether oxygens (including phenoxy) is 1. The van der Waals surface area contributed by atoms with Crippen LogP contribution in [0.15, 0.2) is 66.9 Å². The van der Waals surface area contributed by atoms with Gasteiger partial charge in [0, 0.05) is 16.8 Å². The second kappa shape index (κ2) is 17.3. The van der Waals surface area contributed by atoms with Crippen molar-refractivity contribution in [3.63, 3.8) is 0 Å². The molecule has 0 saturated carbocycles. The van der Waals surface area contributed by atoms with E-state index < -0.39 is 6.61 Å². The van der Waals surface area contributed by atoms with E-state index in [0.29, 0.717) is 17.0 Å². The van der Waals surface area contributed by atoms with E-state index in [0.717, 1.165) is 28.0 Å². The summed E-state index contributed by atoms with van der Waals surface area (Å²) in [6, 6.07) is 6.71. The van der Waals surface area contributed by atoms with Crippen LogP contribution in [0.25, 0.3) is 11.1 Å². The van der Waals surface area contributed by atoms with Gasteiger partial charge in [0.2, 0.25) is 0 Å². The lowest BCUT2D eigenvalue weighted by Gasteiger charge is -2.12. The molecular formula is C30H36ClF2NO. The number of rotatable bonds is 7. The zero-order valence-corrected chi connectivity index (χ0v) is 22.5. The molecule has 0 aliphatic rings. The van der Waals surface area contributed by atoms with Crippen LogP contribution in [-0.4, -0.2) is 11.6 Å². The standard InChI is InChI=1S/C23H24ClF2NO.C5H6.C2H6/c1-6-20(14(2)3)18-11-16(5)22(27-13-18)15(4)7-8-17-12-19(24)9-10-21(17)28-23(25)26;1-3-5-4-2;1-2/h6-7,9-13,23H,1,8H2,2-5H3;1,4-5H,2H3;1-2H3/b15-7-;5-4-;. The number of alkyl halides is 2. The molecule has 0 fully saturated rings. The first-order valence-electron chi connectivity index (χ1n) is 11.4. The van der Waals surface area contributed by atoms with E-state index in [-0.39, 0.29) is 5.75 Å². The predicted octanol–water partition coefficient (Wildman–Crippen LogP) is 9.49. The summed E-state index contributed by atoms with van der Waals surface area (Å²) in [6.45, 7) is 14.9. The van der Waals surface area contributed by atoms with Gasteiger partial charge in [-0.25, -0.2) is 0 Å². The fraction of sp³-hybridized carbons (Fsp3) is 0.300. The lowest BCUT2D eigenvalue weighted by Crippen LogP contribution is -2.04. The van der Waals surface area contributed by atoms with Crippen LogP contribution in [0.3, 0.4) is 0 Å².